The van der Waals surface area contributed by atoms with Crippen molar-refractivity contribution in [3.8, 4) is 28.5 Å². The fourth-order valence-electron chi connectivity index (χ4n) is 2.78. The molecule has 8 nitrogen and oxygen atoms in total. The molecule has 0 saturated heterocycles. The number of methoxy groups -OCH3 is 2. The van der Waals surface area contributed by atoms with Crippen LogP contribution >= 0.6 is 0 Å². The van der Waals surface area contributed by atoms with Gasteiger partial charge in [0.25, 0.3) is 11.5 Å². The maximum Gasteiger partial charge on any atom is 0.266 e. The zero-order valence-electron chi connectivity index (χ0n) is 16.8. The molecule has 8 heteroatoms. The Morgan fingerprint density at radius 2 is 1.80 bits per heavy atom. The Bertz CT molecular complexity index is 1060. The minimum atomic E-state index is -0.307. The van der Waals surface area contributed by atoms with Gasteiger partial charge in [-0.25, -0.2) is 4.68 Å². The number of aromatic nitrogens is 2. The van der Waals surface area contributed by atoms with Crippen LogP contribution in [0.5, 0.6) is 17.2 Å². The lowest BCUT2D eigenvalue weighted by molar-refractivity contribution is -0.123. The topological polar surface area (TPSA) is 91.7 Å². The summed E-state index contributed by atoms with van der Waals surface area (Å²) in [6.45, 7) is 0.312. The van der Waals surface area contributed by atoms with E-state index in [-0.39, 0.29) is 31.2 Å². The molecule has 0 atom stereocenters. The van der Waals surface area contributed by atoms with E-state index in [2.05, 4.69) is 10.4 Å². The first-order chi connectivity index (χ1) is 14.6. The molecule has 2 aromatic carbocycles. The monoisotopic (exact) mass is 409 g/mol. The minimum absolute atomic E-state index is 0.160. The molecule has 0 fully saturated rings. The first kappa shape index (κ1) is 20.9. The number of amides is 1. The molecule has 0 radical (unpaired) electrons. The number of hydrogen-bond donors (Lipinski definition) is 1. The molecule has 3 rings (SSSR count). The Hall–Kier alpha value is -3.81. The van der Waals surface area contributed by atoms with Crippen LogP contribution in [0.2, 0.25) is 0 Å². The summed E-state index contributed by atoms with van der Waals surface area (Å²) in [5.74, 6) is 1.43. The van der Waals surface area contributed by atoms with Crippen LogP contribution in [0, 0.1) is 0 Å². The Balaban J connectivity index is 1.56. The lowest BCUT2D eigenvalue weighted by Crippen LogP contribution is -2.34. The van der Waals surface area contributed by atoms with Crippen LogP contribution in [0.15, 0.2) is 65.5 Å². The molecule has 3 aromatic rings. The lowest BCUT2D eigenvalue weighted by atomic mass is 10.1. The molecule has 0 saturated carbocycles. The minimum Gasteiger partial charge on any atom is -0.497 e. The maximum absolute atomic E-state index is 12.1. The van der Waals surface area contributed by atoms with Crippen LogP contribution in [-0.4, -0.2) is 43.1 Å². The predicted molar refractivity (Wildman–Crippen MR) is 112 cm³/mol. The van der Waals surface area contributed by atoms with Gasteiger partial charge in [0.15, 0.2) is 18.1 Å². The van der Waals surface area contributed by atoms with Crippen molar-refractivity contribution in [3.05, 3.63) is 71.0 Å². The van der Waals surface area contributed by atoms with E-state index in [4.69, 9.17) is 14.2 Å². The average molecular weight is 409 g/mol. The Kier molecular flexibility index (Phi) is 7.05. The van der Waals surface area contributed by atoms with Gasteiger partial charge in [-0.15, -0.1) is 0 Å². The van der Waals surface area contributed by atoms with Crippen molar-refractivity contribution in [2.45, 2.75) is 6.54 Å². The van der Waals surface area contributed by atoms with Gasteiger partial charge in [-0.05, 0) is 30.3 Å². The van der Waals surface area contributed by atoms with Crippen LogP contribution in [0.4, 0.5) is 0 Å². The van der Waals surface area contributed by atoms with E-state index in [0.29, 0.717) is 22.9 Å². The van der Waals surface area contributed by atoms with Crippen molar-refractivity contribution in [2.75, 3.05) is 27.4 Å². The summed E-state index contributed by atoms with van der Waals surface area (Å²) in [5.41, 5.74) is 1.22. The second kappa shape index (κ2) is 10.1. The van der Waals surface area contributed by atoms with Crippen LogP contribution in [0.3, 0.4) is 0 Å². The Labute approximate surface area is 174 Å². The zero-order valence-corrected chi connectivity index (χ0v) is 16.8. The van der Waals surface area contributed by atoms with E-state index in [0.717, 1.165) is 5.56 Å². The summed E-state index contributed by atoms with van der Waals surface area (Å²) in [6.07, 6.45) is 0. The molecule has 0 aliphatic heterocycles. The summed E-state index contributed by atoms with van der Waals surface area (Å²) in [5, 5.41) is 7.10. The summed E-state index contributed by atoms with van der Waals surface area (Å²) < 4.78 is 17.2. The number of hydrogen-bond acceptors (Lipinski definition) is 6. The summed E-state index contributed by atoms with van der Waals surface area (Å²) in [4.78, 5) is 24.2. The van der Waals surface area contributed by atoms with Crippen molar-refractivity contribution in [3.63, 3.8) is 0 Å². The fraction of sp³-hybridized carbons (Fsp3) is 0.227. The largest absolute Gasteiger partial charge is 0.497 e. The number of rotatable bonds is 9. The highest BCUT2D eigenvalue weighted by molar-refractivity contribution is 5.77. The molecule has 1 N–H and O–H groups in total. The maximum atomic E-state index is 12.1. The number of para-hydroxylation sites is 2. The number of nitrogens with one attached hydrogen (secondary N) is 1. The second-order valence-electron chi connectivity index (χ2n) is 6.30. The van der Waals surface area contributed by atoms with Crippen LogP contribution in [0.1, 0.15) is 0 Å². The molecular weight excluding hydrogens is 386 g/mol. The van der Waals surface area contributed by atoms with Crippen molar-refractivity contribution in [2.24, 2.45) is 0 Å². The van der Waals surface area contributed by atoms with Gasteiger partial charge in [-0.2, -0.15) is 5.10 Å². The molecule has 0 bridgehead atoms. The first-order valence-electron chi connectivity index (χ1n) is 9.36. The highest BCUT2D eigenvalue weighted by Gasteiger charge is 2.08. The molecule has 30 heavy (non-hydrogen) atoms. The van der Waals surface area contributed by atoms with Crippen molar-refractivity contribution in [1.82, 2.24) is 15.1 Å². The van der Waals surface area contributed by atoms with Gasteiger partial charge in [0.1, 0.15) is 5.75 Å². The number of benzene rings is 2. The molecule has 0 unspecified atom stereocenters. The quantitative estimate of drug-likeness (QED) is 0.582. The molecule has 1 amide bonds. The smallest absolute Gasteiger partial charge is 0.266 e. The van der Waals surface area contributed by atoms with E-state index in [9.17, 15) is 9.59 Å². The molecule has 0 aliphatic rings. The SMILES string of the molecule is COc1cccc(-c2ccc(=O)n(CCNC(=O)COc3ccccc3OC)n2)c1. The number of ether oxygens (including phenoxy) is 3. The standard InChI is InChI=1S/C22H23N3O5/c1-28-17-7-5-6-16(14-17)18-10-11-22(27)25(24-18)13-12-23-21(26)15-30-20-9-4-3-8-19(20)29-2/h3-11,14H,12-13,15H2,1-2H3,(H,23,26). The summed E-state index contributed by atoms with van der Waals surface area (Å²) >= 11 is 0. The van der Waals surface area contributed by atoms with Gasteiger partial charge < -0.3 is 19.5 Å². The van der Waals surface area contributed by atoms with Gasteiger partial charge in [0.2, 0.25) is 0 Å². The van der Waals surface area contributed by atoms with Crippen molar-refractivity contribution in [1.29, 1.82) is 0 Å². The van der Waals surface area contributed by atoms with E-state index in [1.165, 1.54) is 17.9 Å². The fourth-order valence-corrected chi connectivity index (χ4v) is 2.78. The predicted octanol–water partition coefficient (Wildman–Crippen LogP) is 2.12. The van der Waals surface area contributed by atoms with Gasteiger partial charge in [-0.3, -0.25) is 9.59 Å². The van der Waals surface area contributed by atoms with Gasteiger partial charge in [0.05, 0.1) is 26.5 Å². The third kappa shape index (κ3) is 5.38. The normalized spacial score (nSPS) is 10.3. The van der Waals surface area contributed by atoms with Crippen LogP contribution in [0.25, 0.3) is 11.3 Å². The van der Waals surface area contributed by atoms with E-state index in [1.807, 2.05) is 30.3 Å². The summed E-state index contributed by atoms with van der Waals surface area (Å²) in [7, 11) is 3.13. The average Bonchev–Trinajstić information content (AvgIpc) is 2.79. The van der Waals surface area contributed by atoms with E-state index in [1.54, 1.807) is 31.4 Å². The number of carbonyl (C=O) groups excluding carboxylic acids is 1. The van der Waals surface area contributed by atoms with E-state index >= 15 is 0 Å². The van der Waals surface area contributed by atoms with Crippen molar-refractivity contribution >= 4 is 5.91 Å². The van der Waals surface area contributed by atoms with Gasteiger partial charge in [-0.1, -0.05) is 24.3 Å². The van der Waals surface area contributed by atoms with Gasteiger partial charge >= 0.3 is 0 Å². The van der Waals surface area contributed by atoms with Crippen LogP contribution < -0.4 is 25.1 Å². The molecular formula is C22H23N3O5. The number of carbonyl (C=O) groups is 1. The molecule has 0 aliphatic carbocycles. The summed E-state index contributed by atoms with van der Waals surface area (Å²) in [6, 6.07) is 17.6. The highest BCUT2D eigenvalue weighted by atomic mass is 16.5. The van der Waals surface area contributed by atoms with Gasteiger partial charge in [0, 0.05) is 18.2 Å². The Morgan fingerprint density at radius 3 is 2.57 bits per heavy atom. The molecule has 1 aromatic heterocycles. The molecule has 0 spiro atoms. The highest BCUT2D eigenvalue weighted by Crippen LogP contribution is 2.25. The third-order valence-electron chi connectivity index (χ3n) is 4.31. The van der Waals surface area contributed by atoms with Crippen LogP contribution in [-0.2, 0) is 11.3 Å². The zero-order chi connectivity index (χ0) is 21.3. The molecule has 156 valence electrons. The van der Waals surface area contributed by atoms with Crippen molar-refractivity contribution < 1.29 is 19.0 Å². The lowest BCUT2D eigenvalue weighted by Gasteiger charge is -2.11. The Morgan fingerprint density at radius 1 is 1.00 bits per heavy atom. The third-order valence-corrected chi connectivity index (χ3v) is 4.31. The molecule has 1 heterocycles. The first-order valence-corrected chi connectivity index (χ1v) is 9.36. The number of nitrogens with zero attached hydrogens (tertiary/aromatic N) is 2. The second-order valence-corrected chi connectivity index (χ2v) is 6.30. The van der Waals surface area contributed by atoms with E-state index < -0.39 is 0 Å².